The normalized spacial score (nSPS) is 15.1. The maximum atomic E-state index is 3.79. The van der Waals surface area contributed by atoms with Crippen molar-refractivity contribution in [3.05, 3.63) is 35.9 Å². The molecule has 2 atom stereocenters. The highest BCUT2D eigenvalue weighted by molar-refractivity contribution is 5.27. The van der Waals surface area contributed by atoms with E-state index >= 15 is 0 Å². The minimum Gasteiger partial charge on any atom is -0.313 e. The topological polar surface area (TPSA) is 12.0 Å². The van der Waals surface area contributed by atoms with Crippen LogP contribution in [0.5, 0.6) is 0 Å². The van der Waals surface area contributed by atoms with E-state index in [2.05, 4.69) is 70.3 Å². The van der Waals surface area contributed by atoms with Crippen molar-refractivity contribution in [2.45, 2.75) is 71.8 Å². The average Bonchev–Trinajstić information content (AvgIpc) is 2.50. The summed E-state index contributed by atoms with van der Waals surface area (Å²) in [6.45, 7) is 12.6. The molecule has 1 aromatic carbocycles. The van der Waals surface area contributed by atoms with Crippen LogP contribution < -0.4 is 5.32 Å². The van der Waals surface area contributed by atoms with E-state index in [-0.39, 0.29) is 5.41 Å². The monoisotopic (exact) mass is 275 g/mol. The highest BCUT2D eigenvalue weighted by atomic mass is 14.9. The van der Waals surface area contributed by atoms with Gasteiger partial charge >= 0.3 is 0 Å². The fraction of sp³-hybridized carbons (Fsp3) is 0.684. The van der Waals surface area contributed by atoms with Crippen LogP contribution in [0.1, 0.15) is 65.9 Å². The van der Waals surface area contributed by atoms with E-state index in [0.717, 1.165) is 12.5 Å². The van der Waals surface area contributed by atoms with E-state index in [1.807, 2.05) is 0 Å². The Morgan fingerprint density at radius 2 is 1.60 bits per heavy atom. The van der Waals surface area contributed by atoms with Gasteiger partial charge in [-0.05, 0) is 37.3 Å². The second-order valence-electron chi connectivity index (χ2n) is 6.09. The molecule has 0 aliphatic carbocycles. The van der Waals surface area contributed by atoms with E-state index < -0.39 is 0 Å². The summed E-state index contributed by atoms with van der Waals surface area (Å²) in [6.07, 6.45) is 4.92. The summed E-state index contributed by atoms with van der Waals surface area (Å²) in [7, 11) is 0. The van der Waals surface area contributed by atoms with Crippen molar-refractivity contribution >= 4 is 0 Å². The summed E-state index contributed by atoms with van der Waals surface area (Å²) < 4.78 is 0. The summed E-state index contributed by atoms with van der Waals surface area (Å²) in [5, 5.41) is 3.79. The van der Waals surface area contributed by atoms with Gasteiger partial charge in [0.05, 0.1) is 0 Å². The number of hydrogen-bond donors (Lipinski definition) is 1. The summed E-state index contributed by atoms with van der Waals surface area (Å²) in [5.74, 6) is 0.778. The van der Waals surface area contributed by atoms with Crippen LogP contribution in [0.2, 0.25) is 0 Å². The number of nitrogens with one attached hydrogen (secondary N) is 1. The summed E-state index contributed by atoms with van der Waals surface area (Å²) >= 11 is 0. The SMILES string of the molecule is CCNC(CC(C)CC)C(CC)(CC)c1ccccc1. The molecular weight excluding hydrogens is 242 g/mol. The van der Waals surface area contributed by atoms with Gasteiger partial charge in [-0.1, -0.05) is 71.4 Å². The zero-order chi connectivity index (χ0) is 15.0. The fourth-order valence-corrected chi connectivity index (χ4v) is 3.44. The summed E-state index contributed by atoms with van der Waals surface area (Å²) in [6, 6.07) is 11.7. The predicted molar refractivity (Wildman–Crippen MR) is 90.2 cm³/mol. The molecule has 2 unspecified atom stereocenters. The van der Waals surface area contributed by atoms with Crippen LogP contribution in [-0.2, 0) is 5.41 Å². The Hall–Kier alpha value is -0.820. The molecule has 0 aliphatic heterocycles. The predicted octanol–water partition coefficient (Wildman–Crippen LogP) is 5.16. The Morgan fingerprint density at radius 3 is 2.05 bits per heavy atom. The molecule has 1 heteroatoms. The van der Waals surface area contributed by atoms with Gasteiger partial charge in [-0.2, -0.15) is 0 Å². The lowest BCUT2D eigenvalue weighted by atomic mass is 9.67. The maximum absolute atomic E-state index is 3.79. The number of benzene rings is 1. The Morgan fingerprint density at radius 1 is 1.00 bits per heavy atom. The van der Waals surface area contributed by atoms with Crippen molar-refractivity contribution in [3.63, 3.8) is 0 Å². The third kappa shape index (κ3) is 3.85. The Balaban J connectivity index is 3.12. The minimum atomic E-state index is 0.265. The van der Waals surface area contributed by atoms with Gasteiger partial charge in [0, 0.05) is 11.5 Å². The lowest BCUT2D eigenvalue weighted by Gasteiger charge is -2.42. The average molecular weight is 275 g/mol. The van der Waals surface area contributed by atoms with Crippen LogP contribution >= 0.6 is 0 Å². The van der Waals surface area contributed by atoms with Crippen LogP contribution in [0, 0.1) is 5.92 Å². The highest BCUT2D eigenvalue weighted by Crippen LogP contribution is 2.38. The molecule has 114 valence electrons. The Labute approximate surface area is 126 Å². The van der Waals surface area contributed by atoms with Crippen LogP contribution in [0.25, 0.3) is 0 Å². The quantitative estimate of drug-likeness (QED) is 0.656. The van der Waals surface area contributed by atoms with Gasteiger partial charge in [-0.15, -0.1) is 0 Å². The second-order valence-corrected chi connectivity index (χ2v) is 6.09. The fourth-order valence-electron chi connectivity index (χ4n) is 3.44. The van der Waals surface area contributed by atoms with Crippen molar-refractivity contribution in [1.82, 2.24) is 5.32 Å². The number of hydrogen-bond acceptors (Lipinski definition) is 1. The van der Waals surface area contributed by atoms with Crippen LogP contribution in [0.3, 0.4) is 0 Å². The number of likely N-dealkylation sites (N-methyl/N-ethyl adjacent to an activating group) is 1. The van der Waals surface area contributed by atoms with Gasteiger partial charge in [0.25, 0.3) is 0 Å². The summed E-state index contributed by atoms with van der Waals surface area (Å²) in [4.78, 5) is 0. The molecule has 0 fully saturated rings. The molecule has 0 radical (unpaired) electrons. The first kappa shape index (κ1) is 17.2. The van der Waals surface area contributed by atoms with Crippen molar-refractivity contribution in [2.24, 2.45) is 5.92 Å². The van der Waals surface area contributed by atoms with E-state index in [1.165, 1.54) is 31.2 Å². The minimum absolute atomic E-state index is 0.265. The van der Waals surface area contributed by atoms with Crippen LogP contribution in [0.4, 0.5) is 0 Å². The molecule has 0 bridgehead atoms. The van der Waals surface area contributed by atoms with Crippen molar-refractivity contribution in [2.75, 3.05) is 6.54 Å². The third-order valence-corrected chi connectivity index (χ3v) is 5.06. The van der Waals surface area contributed by atoms with E-state index in [1.54, 1.807) is 0 Å². The molecule has 20 heavy (non-hydrogen) atoms. The van der Waals surface area contributed by atoms with Gasteiger partial charge in [0.1, 0.15) is 0 Å². The largest absolute Gasteiger partial charge is 0.313 e. The number of rotatable bonds is 9. The molecule has 0 spiro atoms. The molecular formula is C19H33N. The van der Waals surface area contributed by atoms with Gasteiger partial charge < -0.3 is 5.32 Å². The molecule has 1 N–H and O–H groups in total. The second kappa shape index (κ2) is 8.46. The van der Waals surface area contributed by atoms with Crippen molar-refractivity contribution in [3.8, 4) is 0 Å². The lowest BCUT2D eigenvalue weighted by Crippen LogP contribution is -2.48. The summed E-state index contributed by atoms with van der Waals surface area (Å²) in [5.41, 5.74) is 1.76. The first-order valence-corrected chi connectivity index (χ1v) is 8.43. The standard InChI is InChI=1S/C19H33N/c1-6-16(5)15-18(20-9-4)19(7-2,8-3)17-13-11-10-12-14-17/h10-14,16,18,20H,6-9,15H2,1-5H3. The third-order valence-electron chi connectivity index (χ3n) is 5.06. The van der Waals surface area contributed by atoms with E-state index in [0.29, 0.717) is 6.04 Å². The van der Waals surface area contributed by atoms with Crippen molar-refractivity contribution < 1.29 is 0 Å². The van der Waals surface area contributed by atoms with E-state index in [4.69, 9.17) is 0 Å². The van der Waals surface area contributed by atoms with Gasteiger partial charge in [0.15, 0.2) is 0 Å². The first-order chi connectivity index (χ1) is 9.64. The zero-order valence-electron chi connectivity index (χ0n) is 14.1. The molecule has 1 aromatic rings. The zero-order valence-corrected chi connectivity index (χ0v) is 14.1. The maximum Gasteiger partial charge on any atom is 0.0166 e. The molecule has 0 saturated carbocycles. The smallest absolute Gasteiger partial charge is 0.0166 e. The highest BCUT2D eigenvalue weighted by Gasteiger charge is 2.37. The lowest BCUT2D eigenvalue weighted by molar-refractivity contribution is 0.235. The first-order valence-electron chi connectivity index (χ1n) is 8.43. The van der Waals surface area contributed by atoms with Gasteiger partial charge in [-0.25, -0.2) is 0 Å². The molecule has 1 rings (SSSR count). The van der Waals surface area contributed by atoms with Crippen molar-refractivity contribution in [1.29, 1.82) is 0 Å². The van der Waals surface area contributed by atoms with E-state index in [9.17, 15) is 0 Å². The molecule has 0 amide bonds. The van der Waals surface area contributed by atoms with Crippen LogP contribution in [0.15, 0.2) is 30.3 Å². The van der Waals surface area contributed by atoms with Crippen LogP contribution in [-0.4, -0.2) is 12.6 Å². The Kier molecular flexibility index (Phi) is 7.29. The molecule has 0 aromatic heterocycles. The molecule has 0 saturated heterocycles. The van der Waals surface area contributed by atoms with Gasteiger partial charge in [0.2, 0.25) is 0 Å². The molecule has 0 aliphatic rings. The molecule has 0 heterocycles. The van der Waals surface area contributed by atoms with Gasteiger partial charge in [-0.3, -0.25) is 0 Å². The molecule has 1 nitrogen and oxygen atoms in total. The Bertz CT molecular complexity index is 353.